The van der Waals surface area contributed by atoms with E-state index >= 15 is 0 Å². The first-order valence-corrected chi connectivity index (χ1v) is 25.7. The van der Waals surface area contributed by atoms with E-state index in [1.807, 2.05) is 69.8 Å². The van der Waals surface area contributed by atoms with Gasteiger partial charge in [0.25, 0.3) is 7.82 Å². The Labute approximate surface area is 389 Å². The first-order valence-electron chi connectivity index (χ1n) is 24.2. The minimum Gasteiger partial charge on any atom is -0.756 e. The minimum absolute atomic E-state index is 0.0624. The minimum atomic E-state index is -4.67. The predicted octanol–water partition coefficient (Wildman–Crippen LogP) is 12.6. The number of phosphoric acid groups is 1. The molecule has 0 aliphatic rings. The average molecular weight is 914 g/mol. The van der Waals surface area contributed by atoms with Crippen LogP contribution in [0.25, 0.3) is 0 Å². The maximum atomic E-state index is 12.7. The zero-order valence-corrected chi connectivity index (χ0v) is 41.4. The zero-order chi connectivity index (χ0) is 47.3. The molecule has 1 N–H and O–H groups in total. The number of carbonyl (C=O) groups excluding carboxylic acids is 2. The standard InChI is InChI=1S/C53H88NO9P/c1-6-8-10-12-14-15-16-17-18-19-20-21-22-23-24-25-29-32-36-40-44-52(56)60-48-51(49-62-64(58,59)61-47-46-54(3,4)5)63-53(57)45-41-37-33-30-27-26-28-31-35-39-43-50(55)42-38-34-13-11-9-7-2/h9,11,15-16,18-19,21-22,26-27,31,33-35,37-39,43,50-51,55H,6-8,10,12-14,17,20,23-25,28-30,32,36,40-42,44-49H2,1-5H3/b11-9-,16-15-,19-18-,22-21-,27-26-,35-31-,37-33-,38-34-,43-39+/t50?,51-/m1/s1. The number of aliphatic hydroxyl groups excluding tert-OH is 1. The lowest BCUT2D eigenvalue weighted by atomic mass is 10.1. The van der Waals surface area contributed by atoms with Crippen molar-refractivity contribution in [1.29, 1.82) is 0 Å². The molecule has 3 atom stereocenters. The molecule has 0 aliphatic carbocycles. The second kappa shape index (κ2) is 43.5. The fraction of sp³-hybridized carbons (Fsp3) is 0.623. The van der Waals surface area contributed by atoms with Crippen LogP contribution in [-0.4, -0.2) is 81.2 Å². The maximum absolute atomic E-state index is 12.7. The molecular weight excluding hydrogens is 826 g/mol. The Balaban J connectivity index is 4.52. The van der Waals surface area contributed by atoms with Crippen molar-refractivity contribution in [1.82, 2.24) is 0 Å². The van der Waals surface area contributed by atoms with Crippen LogP contribution in [0.1, 0.15) is 155 Å². The van der Waals surface area contributed by atoms with Crippen LogP contribution in [-0.2, 0) is 32.7 Å². The van der Waals surface area contributed by atoms with E-state index in [9.17, 15) is 24.2 Å². The molecule has 0 rings (SSSR count). The molecule has 2 unspecified atom stereocenters. The molecule has 11 heteroatoms. The van der Waals surface area contributed by atoms with Crippen LogP contribution in [0.15, 0.2) is 109 Å². The molecule has 0 aromatic rings. The Morgan fingerprint density at radius 3 is 1.73 bits per heavy atom. The van der Waals surface area contributed by atoms with Gasteiger partial charge >= 0.3 is 11.9 Å². The van der Waals surface area contributed by atoms with Gasteiger partial charge < -0.3 is 33.0 Å². The second-order valence-corrected chi connectivity index (χ2v) is 18.3. The number of unbranched alkanes of at least 4 members (excludes halogenated alkanes) is 10. The van der Waals surface area contributed by atoms with Gasteiger partial charge in [0.05, 0.1) is 33.9 Å². The predicted molar refractivity (Wildman–Crippen MR) is 264 cm³/mol. The summed E-state index contributed by atoms with van der Waals surface area (Å²) in [5, 5.41) is 10.0. The van der Waals surface area contributed by atoms with Crippen molar-refractivity contribution in [2.45, 2.75) is 167 Å². The van der Waals surface area contributed by atoms with Crippen LogP contribution in [0.4, 0.5) is 0 Å². The van der Waals surface area contributed by atoms with Crippen molar-refractivity contribution in [3.63, 3.8) is 0 Å². The van der Waals surface area contributed by atoms with E-state index in [0.29, 0.717) is 36.7 Å². The molecule has 0 fully saturated rings. The Morgan fingerprint density at radius 2 is 1.12 bits per heavy atom. The first-order chi connectivity index (χ1) is 30.9. The van der Waals surface area contributed by atoms with E-state index in [1.165, 1.54) is 32.1 Å². The van der Waals surface area contributed by atoms with Crippen molar-refractivity contribution in [3.8, 4) is 0 Å². The van der Waals surface area contributed by atoms with Gasteiger partial charge in [0.1, 0.15) is 19.8 Å². The summed E-state index contributed by atoms with van der Waals surface area (Å²) < 4.78 is 33.8. The molecule has 10 nitrogen and oxygen atoms in total. The van der Waals surface area contributed by atoms with Gasteiger partial charge in [-0.1, -0.05) is 168 Å². The summed E-state index contributed by atoms with van der Waals surface area (Å²) in [7, 11) is 1.06. The van der Waals surface area contributed by atoms with Crippen LogP contribution in [0.2, 0.25) is 0 Å². The molecule has 0 saturated heterocycles. The van der Waals surface area contributed by atoms with Gasteiger partial charge in [-0.15, -0.1) is 0 Å². The fourth-order valence-electron chi connectivity index (χ4n) is 5.83. The number of esters is 2. The average Bonchev–Trinajstić information content (AvgIpc) is 3.25. The molecule has 64 heavy (non-hydrogen) atoms. The molecule has 0 aliphatic heterocycles. The molecule has 0 spiro atoms. The highest BCUT2D eigenvalue weighted by Crippen LogP contribution is 2.38. The van der Waals surface area contributed by atoms with Crippen molar-refractivity contribution < 1.29 is 47.2 Å². The van der Waals surface area contributed by atoms with Gasteiger partial charge in [0.2, 0.25) is 0 Å². The van der Waals surface area contributed by atoms with Crippen LogP contribution in [0.3, 0.4) is 0 Å². The third-order valence-corrected chi connectivity index (χ3v) is 10.6. The molecule has 364 valence electrons. The number of carbonyl (C=O) groups is 2. The SMILES string of the molecule is CC/C=C\C/C=C\CC(O)/C=C/C=C\C/C=C\C/C=C\CCC(=O)O[C@H](COC(=O)CCCCCCCC/C=C\C/C=C\C/C=C\CCCCCC)COP(=O)([O-])OCC[N+](C)(C)C. The van der Waals surface area contributed by atoms with Gasteiger partial charge in [-0.05, 0) is 83.5 Å². The molecular formula is C53H88NO9P. The topological polar surface area (TPSA) is 131 Å². The summed E-state index contributed by atoms with van der Waals surface area (Å²) in [6.45, 7) is 3.89. The number of allylic oxidation sites excluding steroid dienone is 16. The number of ether oxygens (including phenoxy) is 2. The maximum Gasteiger partial charge on any atom is 0.306 e. The van der Waals surface area contributed by atoms with Crippen LogP contribution in [0.5, 0.6) is 0 Å². The third kappa shape index (κ3) is 46.6. The number of phosphoric ester groups is 1. The lowest BCUT2D eigenvalue weighted by Gasteiger charge is -2.28. The Hall–Kier alpha value is -3.37. The number of quaternary nitrogens is 1. The van der Waals surface area contributed by atoms with Crippen molar-refractivity contribution >= 4 is 19.8 Å². The molecule has 0 radical (unpaired) electrons. The molecule has 0 heterocycles. The number of likely N-dealkylation sites (N-methyl/N-ethyl adjacent to an activating group) is 1. The van der Waals surface area contributed by atoms with Gasteiger partial charge in [-0.2, -0.15) is 0 Å². The summed E-state index contributed by atoms with van der Waals surface area (Å²) >= 11 is 0. The quantitative estimate of drug-likeness (QED) is 0.0159. The van der Waals surface area contributed by atoms with Crippen molar-refractivity contribution in [2.75, 3.05) is 47.5 Å². The van der Waals surface area contributed by atoms with Gasteiger partial charge in [-0.25, -0.2) is 0 Å². The lowest BCUT2D eigenvalue weighted by Crippen LogP contribution is -2.37. The van der Waals surface area contributed by atoms with Gasteiger partial charge in [0.15, 0.2) is 6.10 Å². The van der Waals surface area contributed by atoms with Crippen LogP contribution in [0, 0.1) is 0 Å². The fourth-order valence-corrected chi connectivity index (χ4v) is 6.56. The summed E-state index contributed by atoms with van der Waals surface area (Å²) in [6.07, 6.45) is 55.9. The van der Waals surface area contributed by atoms with Crippen LogP contribution < -0.4 is 4.89 Å². The molecule has 0 bridgehead atoms. The first kappa shape index (κ1) is 60.6. The van der Waals surface area contributed by atoms with Gasteiger partial charge in [-0.3, -0.25) is 14.2 Å². The van der Waals surface area contributed by atoms with E-state index in [0.717, 1.165) is 70.6 Å². The summed E-state index contributed by atoms with van der Waals surface area (Å²) in [6, 6.07) is 0. The largest absolute Gasteiger partial charge is 0.756 e. The van der Waals surface area contributed by atoms with E-state index in [2.05, 4.69) is 68.5 Å². The number of nitrogens with zero attached hydrogens (tertiary/aromatic N) is 1. The number of rotatable bonds is 42. The smallest absolute Gasteiger partial charge is 0.306 e. The third-order valence-electron chi connectivity index (χ3n) is 9.62. The number of hydrogen-bond acceptors (Lipinski definition) is 9. The zero-order valence-electron chi connectivity index (χ0n) is 40.5. The number of aliphatic hydroxyl groups is 1. The molecule has 0 aromatic carbocycles. The highest BCUT2D eigenvalue weighted by Gasteiger charge is 2.21. The van der Waals surface area contributed by atoms with E-state index in [1.54, 1.807) is 6.08 Å². The Kier molecular flexibility index (Phi) is 41.2. The highest BCUT2D eigenvalue weighted by molar-refractivity contribution is 7.45. The van der Waals surface area contributed by atoms with Crippen LogP contribution >= 0.6 is 7.82 Å². The molecule has 0 aromatic heterocycles. The summed E-state index contributed by atoms with van der Waals surface area (Å²) in [5.41, 5.74) is 0. The van der Waals surface area contributed by atoms with Gasteiger partial charge in [0, 0.05) is 12.8 Å². The van der Waals surface area contributed by atoms with E-state index in [4.69, 9.17) is 18.5 Å². The van der Waals surface area contributed by atoms with Crippen molar-refractivity contribution in [2.24, 2.45) is 0 Å². The second-order valence-electron chi connectivity index (χ2n) is 16.9. The molecule has 0 saturated carbocycles. The van der Waals surface area contributed by atoms with E-state index < -0.39 is 38.6 Å². The summed E-state index contributed by atoms with van der Waals surface area (Å²) in [4.78, 5) is 37.6. The summed E-state index contributed by atoms with van der Waals surface area (Å²) in [5.74, 6) is -0.987. The van der Waals surface area contributed by atoms with E-state index in [-0.39, 0.29) is 26.1 Å². The highest BCUT2D eigenvalue weighted by atomic mass is 31.2. The lowest BCUT2D eigenvalue weighted by molar-refractivity contribution is -0.870. The molecule has 0 amide bonds. The normalized spacial score (nSPS) is 14.9. The Bertz CT molecular complexity index is 1470. The Morgan fingerprint density at radius 1 is 0.594 bits per heavy atom. The monoisotopic (exact) mass is 914 g/mol. The number of hydrogen-bond donors (Lipinski definition) is 1. The van der Waals surface area contributed by atoms with Crippen molar-refractivity contribution in [3.05, 3.63) is 109 Å².